The number of halogens is 4. The zero-order valence-electron chi connectivity index (χ0n) is 19.8. The van der Waals surface area contributed by atoms with E-state index in [2.05, 4.69) is 4.98 Å². The Morgan fingerprint density at radius 2 is 1.63 bits per heavy atom. The summed E-state index contributed by atoms with van der Waals surface area (Å²) in [6.07, 6.45) is 0.306. The SMILES string of the molecule is O=C(C1CCN(S(=O)(=O)c2ccc(F)cc2F)CC1)N(Cc1ccccc1)c1nc2c(F)cc(F)cc2s1. The minimum Gasteiger partial charge on any atom is -0.283 e. The molecule has 0 aliphatic carbocycles. The average Bonchev–Trinajstić information content (AvgIpc) is 3.31. The number of rotatable bonds is 6. The van der Waals surface area contributed by atoms with Crippen LogP contribution in [0.2, 0.25) is 0 Å². The molecule has 1 aliphatic heterocycles. The molecule has 1 aromatic heterocycles. The van der Waals surface area contributed by atoms with Crippen molar-refractivity contribution < 1.29 is 30.8 Å². The fourth-order valence-electron chi connectivity index (χ4n) is 4.45. The Balaban J connectivity index is 1.39. The fourth-order valence-corrected chi connectivity index (χ4v) is 6.98. The summed E-state index contributed by atoms with van der Waals surface area (Å²) in [6, 6.07) is 13.2. The first-order valence-corrected chi connectivity index (χ1v) is 14.0. The number of thiazole rings is 1. The van der Waals surface area contributed by atoms with Crippen LogP contribution in [0.1, 0.15) is 18.4 Å². The van der Waals surface area contributed by atoms with E-state index in [1.807, 2.05) is 30.3 Å². The van der Waals surface area contributed by atoms with E-state index in [1.165, 1.54) is 4.90 Å². The topological polar surface area (TPSA) is 70.6 Å². The second-order valence-corrected chi connectivity index (χ2v) is 11.8. The van der Waals surface area contributed by atoms with Crippen LogP contribution >= 0.6 is 11.3 Å². The highest BCUT2D eigenvalue weighted by Crippen LogP contribution is 2.34. The molecular weight excluding hydrogens is 542 g/mol. The van der Waals surface area contributed by atoms with Crippen molar-refractivity contribution in [2.24, 2.45) is 5.92 Å². The van der Waals surface area contributed by atoms with Crippen LogP contribution in [0.4, 0.5) is 22.7 Å². The number of carbonyl (C=O) groups excluding carboxylic acids is 1. The molecule has 1 amide bonds. The van der Waals surface area contributed by atoms with Crippen LogP contribution in [0.25, 0.3) is 10.2 Å². The summed E-state index contributed by atoms with van der Waals surface area (Å²) < 4.78 is 82.8. The molecule has 0 bridgehead atoms. The molecule has 38 heavy (non-hydrogen) atoms. The Bertz CT molecular complexity index is 1610. The van der Waals surface area contributed by atoms with Gasteiger partial charge in [0.1, 0.15) is 27.9 Å². The summed E-state index contributed by atoms with van der Waals surface area (Å²) in [5.74, 6) is -4.58. The molecule has 0 atom stereocenters. The predicted molar refractivity (Wildman–Crippen MR) is 135 cm³/mol. The van der Waals surface area contributed by atoms with Gasteiger partial charge in [-0.15, -0.1) is 0 Å². The molecule has 0 radical (unpaired) electrons. The molecule has 12 heteroatoms. The minimum absolute atomic E-state index is 0.0421. The number of aromatic nitrogens is 1. The van der Waals surface area contributed by atoms with Gasteiger partial charge in [-0.2, -0.15) is 4.31 Å². The van der Waals surface area contributed by atoms with Gasteiger partial charge >= 0.3 is 0 Å². The first-order chi connectivity index (χ1) is 18.1. The first kappa shape index (κ1) is 26.3. The highest BCUT2D eigenvalue weighted by Gasteiger charge is 2.36. The highest BCUT2D eigenvalue weighted by molar-refractivity contribution is 7.89. The normalized spacial score (nSPS) is 15.2. The molecule has 1 aliphatic rings. The van der Waals surface area contributed by atoms with Gasteiger partial charge < -0.3 is 0 Å². The molecular formula is C26H21F4N3O3S2. The molecule has 198 valence electrons. The minimum atomic E-state index is -4.23. The van der Waals surface area contributed by atoms with Crippen molar-refractivity contribution in [2.75, 3.05) is 18.0 Å². The van der Waals surface area contributed by atoms with Gasteiger partial charge in [-0.05, 0) is 36.6 Å². The van der Waals surface area contributed by atoms with Gasteiger partial charge in [0.15, 0.2) is 10.9 Å². The van der Waals surface area contributed by atoms with E-state index in [4.69, 9.17) is 0 Å². The number of fused-ring (bicyclic) bond motifs is 1. The van der Waals surface area contributed by atoms with Crippen LogP contribution in [0.15, 0.2) is 65.6 Å². The lowest BCUT2D eigenvalue weighted by Crippen LogP contribution is -2.44. The van der Waals surface area contributed by atoms with Crippen LogP contribution in [-0.4, -0.2) is 36.7 Å². The van der Waals surface area contributed by atoms with E-state index in [1.54, 1.807) is 0 Å². The second kappa shape index (κ2) is 10.4. The lowest BCUT2D eigenvalue weighted by Gasteiger charge is -2.33. The zero-order valence-corrected chi connectivity index (χ0v) is 21.4. The van der Waals surface area contributed by atoms with E-state index in [0.29, 0.717) is 6.07 Å². The molecule has 2 heterocycles. The number of hydrogen-bond donors (Lipinski definition) is 0. The average molecular weight is 564 g/mol. The van der Waals surface area contributed by atoms with Crippen molar-refractivity contribution in [1.29, 1.82) is 0 Å². The van der Waals surface area contributed by atoms with Gasteiger partial charge in [0.2, 0.25) is 15.9 Å². The van der Waals surface area contributed by atoms with Crippen LogP contribution < -0.4 is 4.90 Å². The maximum atomic E-state index is 14.3. The van der Waals surface area contributed by atoms with E-state index < -0.39 is 44.1 Å². The predicted octanol–water partition coefficient (Wildman–Crippen LogP) is 5.49. The van der Waals surface area contributed by atoms with Gasteiger partial charge in [0.05, 0.1) is 11.2 Å². The van der Waals surface area contributed by atoms with Gasteiger partial charge in [-0.3, -0.25) is 9.69 Å². The van der Waals surface area contributed by atoms with E-state index >= 15 is 0 Å². The largest absolute Gasteiger partial charge is 0.283 e. The lowest BCUT2D eigenvalue weighted by atomic mass is 9.96. The highest BCUT2D eigenvalue weighted by atomic mass is 32.2. The number of benzene rings is 3. The quantitative estimate of drug-likeness (QED) is 0.291. The summed E-state index contributed by atoms with van der Waals surface area (Å²) in [5.41, 5.74) is 0.748. The van der Waals surface area contributed by atoms with Crippen LogP contribution in [0.3, 0.4) is 0 Å². The van der Waals surface area contributed by atoms with Crippen molar-refractivity contribution in [3.63, 3.8) is 0 Å². The van der Waals surface area contributed by atoms with Crippen molar-refractivity contribution in [3.05, 3.63) is 89.5 Å². The van der Waals surface area contributed by atoms with Gasteiger partial charge in [-0.1, -0.05) is 41.7 Å². The second-order valence-electron chi connectivity index (χ2n) is 8.89. The number of hydrogen-bond acceptors (Lipinski definition) is 5. The van der Waals surface area contributed by atoms with Crippen LogP contribution in [0, 0.1) is 29.2 Å². The summed E-state index contributed by atoms with van der Waals surface area (Å²) in [5, 5.41) is 0.196. The van der Waals surface area contributed by atoms with E-state index in [9.17, 15) is 30.8 Å². The lowest BCUT2D eigenvalue weighted by molar-refractivity contribution is -0.123. The molecule has 1 fully saturated rings. The molecule has 0 unspecified atom stereocenters. The number of nitrogens with zero attached hydrogens (tertiary/aromatic N) is 3. The third-order valence-corrected chi connectivity index (χ3v) is 9.35. The molecule has 0 saturated carbocycles. The van der Waals surface area contributed by atoms with Gasteiger partial charge in [-0.25, -0.2) is 31.0 Å². The third-order valence-electron chi connectivity index (χ3n) is 6.40. The Morgan fingerprint density at radius 1 is 0.947 bits per heavy atom. The number of carbonyl (C=O) groups is 1. The van der Waals surface area contributed by atoms with Gasteiger partial charge in [0.25, 0.3) is 0 Å². The van der Waals surface area contributed by atoms with Crippen LogP contribution in [0.5, 0.6) is 0 Å². The van der Waals surface area contributed by atoms with Crippen molar-refractivity contribution in [2.45, 2.75) is 24.3 Å². The van der Waals surface area contributed by atoms with Crippen molar-refractivity contribution in [1.82, 2.24) is 9.29 Å². The Kier molecular flexibility index (Phi) is 7.21. The monoisotopic (exact) mass is 563 g/mol. The molecule has 3 aromatic carbocycles. The number of amides is 1. The van der Waals surface area contributed by atoms with E-state index in [-0.39, 0.29) is 53.7 Å². The standard InChI is InChI=1S/C26H21F4N3O3S2/c27-18-6-7-23(20(29)12-18)38(35,36)32-10-8-17(9-11-32)25(34)33(15-16-4-2-1-3-5-16)26-31-24-21(30)13-19(28)14-22(24)37-26/h1-7,12-14,17H,8-11,15H2. The Morgan fingerprint density at radius 3 is 2.32 bits per heavy atom. The van der Waals surface area contributed by atoms with Crippen LogP contribution in [-0.2, 0) is 21.4 Å². The molecule has 1 saturated heterocycles. The molecule has 4 aromatic rings. The maximum absolute atomic E-state index is 14.3. The molecule has 0 N–H and O–H groups in total. The summed E-state index contributed by atoms with van der Waals surface area (Å²) >= 11 is 0.985. The molecule has 0 spiro atoms. The summed E-state index contributed by atoms with van der Waals surface area (Å²) in [6.45, 7) is 0.0335. The van der Waals surface area contributed by atoms with Crippen molar-refractivity contribution in [3.8, 4) is 0 Å². The van der Waals surface area contributed by atoms with E-state index in [0.717, 1.165) is 45.5 Å². The number of piperidine rings is 1. The zero-order chi connectivity index (χ0) is 27.0. The molecule has 5 rings (SSSR count). The number of sulfonamides is 1. The molecule has 6 nitrogen and oxygen atoms in total. The van der Waals surface area contributed by atoms with Crippen molar-refractivity contribution >= 4 is 42.6 Å². The smallest absolute Gasteiger partial charge is 0.245 e. The summed E-state index contributed by atoms with van der Waals surface area (Å²) in [4.78, 5) is 18.8. The Labute approximate surface area is 220 Å². The first-order valence-electron chi connectivity index (χ1n) is 11.7. The Hall–Kier alpha value is -3.35. The number of anilines is 1. The fraction of sp³-hybridized carbons (Fsp3) is 0.231. The third kappa shape index (κ3) is 5.16. The summed E-state index contributed by atoms with van der Waals surface area (Å²) in [7, 11) is -4.23. The maximum Gasteiger partial charge on any atom is 0.245 e. The van der Waals surface area contributed by atoms with Gasteiger partial charge in [0, 0.05) is 31.1 Å².